The number of aromatic nitrogens is 1. The summed E-state index contributed by atoms with van der Waals surface area (Å²) in [5.74, 6) is 1.31. The summed E-state index contributed by atoms with van der Waals surface area (Å²) in [6.07, 6.45) is 3.45. The fraction of sp³-hybridized carbons (Fsp3) is 0.250. The average molecular weight is 437 g/mol. The summed E-state index contributed by atoms with van der Waals surface area (Å²) in [5, 5.41) is -0.270. The molecule has 160 valence electrons. The molecule has 0 atom stereocenters. The molecule has 0 aliphatic carbocycles. The van der Waals surface area contributed by atoms with Crippen molar-refractivity contribution in [3.63, 3.8) is 0 Å². The van der Waals surface area contributed by atoms with E-state index in [1.165, 1.54) is 4.90 Å². The van der Waals surface area contributed by atoms with Gasteiger partial charge in [0.25, 0.3) is 11.1 Å². The van der Waals surface area contributed by atoms with Crippen molar-refractivity contribution in [2.24, 2.45) is 0 Å². The van der Waals surface area contributed by atoms with Crippen molar-refractivity contribution in [3.05, 3.63) is 81.9 Å². The number of carbonyl (C=O) groups excluding carboxylic acids is 2. The van der Waals surface area contributed by atoms with Crippen LogP contribution in [0.3, 0.4) is 0 Å². The van der Waals surface area contributed by atoms with Crippen molar-refractivity contribution in [2.75, 3.05) is 13.2 Å². The van der Waals surface area contributed by atoms with Crippen molar-refractivity contribution < 1.29 is 18.7 Å². The Morgan fingerprint density at radius 2 is 1.94 bits per heavy atom. The molecule has 2 amide bonds. The van der Waals surface area contributed by atoms with E-state index in [-0.39, 0.29) is 24.3 Å². The standard InChI is InChI=1S/C24H24N2O4S/c1-16-6-4-7-20(12-16)30-11-9-25-23(27)22(31-24(25)28)14-19-13-17(2)26(18(19)3)15-21-8-5-10-29-21/h4-8,10,12-14H,9,11,15H2,1-3H3/b22-14-. The van der Waals surface area contributed by atoms with Gasteiger partial charge in [-0.05, 0) is 80.1 Å². The van der Waals surface area contributed by atoms with Crippen LogP contribution in [-0.2, 0) is 11.3 Å². The molecule has 0 saturated carbocycles. The number of imide groups is 1. The highest BCUT2D eigenvalue weighted by atomic mass is 32.2. The van der Waals surface area contributed by atoms with Crippen molar-refractivity contribution in [1.29, 1.82) is 0 Å². The van der Waals surface area contributed by atoms with E-state index < -0.39 is 0 Å². The van der Waals surface area contributed by atoms with E-state index in [2.05, 4.69) is 4.57 Å². The van der Waals surface area contributed by atoms with E-state index >= 15 is 0 Å². The zero-order chi connectivity index (χ0) is 22.0. The highest BCUT2D eigenvalue weighted by molar-refractivity contribution is 8.18. The highest BCUT2D eigenvalue weighted by Gasteiger charge is 2.35. The molecular formula is C24H24N2O4S. The number of hydrogen-bond acceptors (Lipinski definition) is 5. The molecule has 0 radical (unpaired) electrons. The normalized spacial score (nSPS) is 15.3. The molecule has 3 heterocycles. The lowest BCUT2D eigenvalue weighted by Crippen LogP contribution is -2.32. The molecule has 0 spiro atoms. The number of aryl methyl sites for hydroxylation is 2. The van der Waals surface area contributed by atoms with E-state index in [0.717, 1.165) is 45.8 Å². The molecule has 0 bridgehead atoms. The molecule has 7 heteroatoms. The first-order valence-corrected chi connectivity index (χ1v) is 10.9. The third kappa shape index (κ3) is 4.61. The van der Waals surface area contributed by atoms with Crippen molar-refractivity contribution in [1.82, 2.24) is 9.47 Å². The number of carbonyl (C=O) groups is 2. The van der Waals surface area contributed by atoms with Gasteiger partial charge in [-0.1, -0.05) is 12.1 Å². The molecule has 1 aromatic carbocycles. The fourth-order valence-electron chi connectivity index (χ4n) is 3.57. The second-order valence-corrected chi connectivity index (χ2v) is 8.48. The second kappa shape index (κ2) is 8.89. The van der Waals surface area contributed by atoms with Crippen molar-refractivity contribution >= 4 is 29.0 Å². The maximum atomic E-state index is 12.8. The third-order valence-corrected chi connectivity index (χ3v) is 6.15. The summed E-state index contributed by atoms with van der Waals surface area (Å²) >= 11 is 0.970. The largest absolute Gasteiger partial charge is 0.492 e. The average Bonchev–Trinajstić information content (AvgIpc) is 3.41. The Hall–Kier alpha value is -3.19. The van der Waals surface area contributed by atoms with Crippen LogP contribution in [-0.4, -0.2) is 33.8 Å². The summed E-state index contributed by atoms with van der Waals surface area (Å²) in [6, 6.07) is 13.5. The van der Waals surface area contributed by atoms with Crippen LogP contribution >= 0.6 is 11.8 Å². The topological polar surface area (TPSA) is 64.7 Å². The highest BCUT2D eigenvalue weighted by Crippen LogP contribution is 2.33. The Bertz CT molecular complexity index is 1140. The van der Waals surface area contributed by atoms with Gasteiger partial charge in [0.15, 0.2) is 0 Å². The number of hydrogen-bond donors (Lipinski definition) is 0. The van der Waals surface area contributed by atoms with Crippen molar-refractivity contribution in [2.45, 2.75) is 27.3 Å². The first-order chi connectivity index (χ1) is 14.9. The van der Waals surface area contributed by atoms with Crippen LogP contribution < -0.4 is 4.74 Å². The number of rotatable bonds is 7. The summed E-state index contributed by atoms with van der Waals surface area (Å²) in [7, 11) is 0. The molecule has 1 aliphatic heterocycles. The molecule has 3 aromatic rings. The smallest absolute Gasteiger partial charge is 0.293 e. The summed E-state index contributed by atoms with van der Waals surface area (Å²) < 4.78 is 13.3. The van der Waals surface area contributed by atoms with Gasteiger partial charge in [-0.2, -0.15) is 0 Å². The molecule has 0 N–H and O–H groups in total. The third-order valence-electron chi connectivity index (χ3n) is 5.24. The van der Waals surface area contributed by atoms with Crippen LogP contribution in [0.15, 0.2) is 58.1 Å². The minimum Gasteiger partial charge on any atom is -0.492 e. The van der Waals surface area contributed by atoms with E-state index in [1.54, 1.807) is 12.3 Å². The predicted molar refractivity (Wildman–Crippen MR) is 121 cm³/mol. The zero-order valence-electron chi connectivity index (χ0n) is 17.8. The Kier molecular flexibility index (Phi) is 6.04. The Balaban J connectivity index is 1.44. The minimum absolute atomic E-state index is 0.216. The molecule has 6 nitrogen and oxygen atoms in total. The lowest BCUT2D eigenvalue weighted by molar-refractivity contribution is -0.123. The van der Waals surface area contributed by atoms with Crippen molar-refractivity contribution in [3.8, 4) is 5.75 Å². The van der Waals surface area contributed by atoms with Gasteiger partial charge in [-0.3, -0.25) is 14.5 Å². The maximum Gasteiger partial charge on any atom is 0.293 e. The first kappa shape index (κ1) is 21.1. The summed E-state index contributed by atoms with van der Waals surface area (Å²) in [5.41, 5.74) is 4.09. The number of furan rings is 1. The zero-order valence-corrected chi connectivity index (χ0v) is 18.6. The molecule has 1 saturated heterocycles. The van der Waals surface area contributed by atoms with Crippen LogP contribution in [0.1, 0.15) is 28.3 Å². The van der Waals surface area contributed by atoms with Gasteiger partial charge in [0, 0.05) is 11.4 Å². The van der Waals surface area contributed by atoms with Gasteiger partial charge in [0.05, 0.1) is 24.3 Å². The Labute approximate surface area is 185 Å². The minimum atomic E-state index is -0.279. The molecular weight excluding hydrogens is 412 g/mol. The Morgan fingerprint density at radius 1 is 1.10 bits per heavy atom. The fourth-order valence-corrected chi connectivity index (χ4v) is 4.43. The quantitative estimate of drug-likeness (QED) is 0.478. The molecule has 31 heavy (non-hydrogen) atoms. The van der Waals surface area contributed by atoms with E-state index in [1.807, 2.05) is 63.2 Å². The first-order valence-electron chi connectivity index (χ1n) is 10.1. The lowest BCUT2D eigenvalue weighted by atomic mass is 10.2. The number of thioether (sulfide) groups is 1. The van der Waals surface area contributed by atoms with Gasteiger partial charge >= 0.3 is 0 Å². The number of benzene rings is 1. The molecule has 4 rings (SSSR count). The number of amides is 2. The van der Waals surface area contributed by atoms with E-state index in [0.29, 0.717) is 11.4 Å². The molecule has 2 aromatic heterocycles. The Morgan fingerprint density at radius 3 is 2.68 bits per heavy atom. The summed E-state index contributed by atoms with van der Waals surface area (Å²) in [4.78, 5) is 26.9. The number of ether oxygens (including phenoxy) is 1. The molecule has 0 unspecified atom stereocenters. The van der Waals surface area contributed by atoms with Crippen LogP contribution in [0.2, 0.25) is 0 Å². The van der Waals surface area contributed by atoms with E-state index in [4.69, 9.17) is 9.15 Å². The van der Waals surface area contributed by atoms with Crippen LogP contribution in [0.25, 0.3) is 6.08 Å². The molecule has 1 aliphatic rings. The van der Waals surface area contributed by atoms with Gasteiger partial charge < -0.3 is 13.7 Å². The van der Waals surface area contributed by atoms with Crippen LogP contribution in [0.5, 0.6) is 5.75 Å². The second-order valence-electron chi connectivity index (χ2n) is 7.49. The monoisotopic (exact) mass is 436 g/mol. The number of nitrogens with zero attached hydrogens (tertiary/aromatic N) is 2. The van der Waals surface area contributed by atoms with Gasteiger partial charge in [-0.25, -0.2) is 0 Å². The predicted octanol–water partition coefficient (Wildman–Crippen LogP) is 5.17. The van der Waals surface area contributed by atoms with Gasteiger partial charge in [0.1, 0.15) is 18.1 Å². The summed E-state index contributed by atoms with van der Waals surface area (Å²) in [6.45, 7) is 7.10. The molecule has 1 fully saturated rings. The lowest BCUT2D eigenvalue weighted by Gasteiger charge is -2.13. The maximum absolute atomic E-state index is 12.8. The van der Waals surface area contributed by atoms with Gasteiger partial charge in [0.2, 0.25) is 0 Å². The van der Waals surface area contributed by atoms with E-state index in [9.17, 15) is 9.59 Å². The van der Waals surface area contributed by atoms with Gasteiger partial charge in [-0.15, -0.1) is 0 Å². The SMILES string of the molecule is Cc1cccc(OCCN2C(=O)S/C(=C\c3cc(C)n(Cc4ccco4)c3C)C2=O)c1. The van der Waals surface area contributed by atoms with Crippen LogP contribution in [0.4, 0.5) is 4.79 Å². The van der Waals surface area contributed by atoms with Crippen LogP contribution in [0, 0.1) is 20.8 Å².